The molecular weight excluding hydrogens is 425 g/mol. The van der Waals surface area contributed by atoms with Gasteiger partial charge in [-0.2, -0.15) is 13.2 Å². The highest BCUT2D eigenvalue weighted by Gasteiger charge is 2.64. The third-order valence-corrected chi connectivity index (χ3v) is 6.12. The quantitative estimate of drug-likeness (QED) is 0.744. The molecule has 6 nitrogen and oxygen atoms in total. The number of halogens is 4. The van der Waals surface area contributed by atoms with E-state index in [1.54, 1.807) is 4.90 Å². The fourth-order valence-corrected chi connectivity index (χ4v) is 4.84. The molecule has 2 aliphatic heterocycles. The van der Waals surface area contributed by atoms with Crippen LogP contribution < -0.4 is 0 Å². The van der Waals surface area contributed by atoms with Crippen molar-refractivity contribution in [3.05, 3.63) is 14.5 Å². The third kappa shape index (κ3) is 3.72. The van der Waals surface area contributed by atoms with E-state index in [1.807, 2.05) is 6.92 Å². The Labute approximate surface area is 154 Å². The number of likely N-dealkylation sites (tertiary alicyclic amines) is 1. The highest BCUT2D eigenvalue weighted by atomic mass is 79.9. The van der Waals surface area contributed by atoms with Crippen LogP contribution in [0.25, 0.3) is 0 Å². The zero-order valence-electron chi connectivity index (χ0n) is 13.3. The molecule has 25 heavy (non-hydrogen) atoms. The Morgan fingerprint density at radius 3 is 2.44 bits per heavy atom. The van der Waals surface area contributed by atoms with Crippen LogP contribution in [0.5, 0.6) is 0 Å². The summed E-state index contributed by atoms with van der Waals surface area (Å²) in [6, 6.07) is -0.879. The first-order valence-electron chi connectivity index (χ1n) is 7.73. The van der Waals surface area contributed by atoms with E-state index < -0.39 is 23.9 Å². The molecule has 0 radical (unpaired) electrons. The fraction of sp³-hybridized carbons (Fsp3) is 0.714. The van der Waals surface area contributed by atoms with Gasteiger partial charge in [0.2, 0.25) is 0 Å². The predicted molar refractivity (Wildman–Crippen MR) is 87.5 cm³/mol. The van der Waals surface area contributed by atoms with E-state index in [1.165, 1.54) is 11.3 Å². The molecule has 0 saturated carbocycles. The molecule has 2 aliphatic rings. The molecule has 0 amide bonds. The van der Waals surface area contributed by atoms with Crippen molar-refractivity contribution in [2.75, 3.05) is 13.1 Å². The minimum Gasteiger partial charge on any atom is -0.480 e. The van der Waals surface area contributed by atoms with Crippen LogP contribution in [0.1, 0.15) is 35.9 Å². The van der Waals surface area contributed by atoms with Crippen LogP contribution in [-0.2, 0) is 4.79 Å². The summed E-state index contributed by atoms with van der Waals surface area (Å²) in [6.45, 7) is 2.62. The van der Waals surface area contributed by atoms with Crippen molar-refractivity contribution in [1.29, 1.82) is 0 Å². The molecule has 3 heterocycles. The van der Waals surface area contributed by atoms with Crippen molar-refractivity contribution in [3.8, 4) is 0 Å². The molecule has 138 valence electrons. The standard InChI is InChI=1S/C14H16BrF3N4O2S/c1-7-9(19-12(15)25-7)10(11(23)24)22-4-2-8(3-5-22)6-13(20-21-13)14(16,17)18/h8,10H,2-6H2,1H3,(H,23,24). The second kappa shape index (κ2) is 6.58. The Hall–Kier alpha value is -1.07. The number of carboxylic acid groups (broad SMARTS) is 1. The summed E-state index contributed by atoms with van der Waals surface area (Å²) >= 11 is 4.63. The number of alkyl halides is 3. The van der Waals surface area contributed by atoms with Crippen LogP contribution in [0.15, 0.2) is 14.1 Å². The molecular formula is C14H16BrF3N4O2S. The molecule has 1 fully saturated rings. The number of hydrogen-bond donors (Lipinski definition) is 1. The number of aliphatic carboxylic acids is 1. The third-order valence-electron chi connectivity index (χ3n) is 4.68. The average molecular weight is 441 g/mol. The van der Waals surface area contributed by atoms with Gasteiger partial charge in [0.1, 0.15) is 0 Å². The smallest absolute Gasteiger partial charge is 0.437 e. The lowest BCUT2D eigenvalue weighted by Crippen LogP contribution is -2.42. The topological polar surface area (TPSA) is 78.1 Å². The van der Waals surface area contributed by atoms with Crippen LogP contribution >= 0.6 is 27.3 Å². The number of carboxylic acids is 1. The van der Waals surface area contributed by atoms with E-state index in [4.69, 9.17) is 0 Å². The number of nitrogens with zero attached hydrogens (tertiary/aromatic N) is 4. The van der Waals surface area contributed by atoms with E-state index in [9.17, 15) is 23.1 Å². The number of aryl methyl sites for hydroxylation is 1. The van der Waals surface area contributed by atoms with Gasteiger partial charge in [0.15, 0.2) is 9.96 Å². The zero-order chi connectivity index (χ0) is 18.4. The van der Waals surface area contributed by atoms with Gasteiger partial charge in [0.25, 0.3) is 5.66 Å². The van der Waals surface area contributed by atoms with Crippen molar-refractivity contribution in [2.24, 2.45) is 16.1 Å². The molecule has 1 N–H and O–H groups in total. The van der Waals surface area contributed by atoms with Gasteiger partial charge in [-0.3, -0.25) is 9.69 Å². The maximum Gasteiger partial charge on any atom is 0.437 e. The van der Waals surface area contributed by atoms with Crippen molar-refractivity contribution in [3.63, 3.8) is 0 Å². The number of carbonyl (C=O) groups is 1. The minimum atomic E-state index is -4.45. The van der Waals surface area contributed by atoms with Crippen molar-refractivity contribution in [2.45, 2.75) is 44.1 Å². The lowest BCUT2D eigenvalue weighted by atomic mass is 9.87. The van der Waals surface area contributed by atoms with Gasteiger partial charge in [-0.25, -0.2) is 4.98 Å². The van der Waals surface area contributed by atoms with Crippen LogP contribution in [0, 0.1) is 12.8 Å². The van der Waals surface area contributed by atoms with Gasteiger partial charge in [-0.15, -0.1) is 21.6 Å². The monoisotopic (exact) mass is 440 g/mol. The summed E-state index contributed by atoms with van der Waals surface area (Å²) in [6.07, 6.45) is -3.63. The van der Waals surface area contributed by atoms with Crippen molar-refractivity contribution < 1.29 is 23.1 Å². The summed E-state index contributed by atoms with van der Waals surface area (Å²) in [7, 11) is 0. The van der Waals surface area contributed by atoms with Crippen LogP contribution in [0.2, 0.25) is 0 Å². The van der Waals surface area contributed by atoms with Gasteiger partial charge in [-0.05, 0) is 54.7 Å². The Morgan fingerprint density at radius 2 is 2.04 bits per heavy atom. The second-order valence-corrected chi connectivity index (χ2v) is 8.83. The normalized spacial score (nSPS) is 22.1. The maximum atomic E-state index is 12.9. The van der Waals surface area contributed by atoms with Crippen LogP contribution in [0.4, 0.5) is 13.2 Å². The van der Waals surface area contributed by atoms with Gasteiger partial charge >= 0.3 is 12.1 Å². The molecule has 0 aromatic carbocycles. The number of piperidine rings is 1. The Balaban J connectivity index is 1.64. The first kappa shape index (κ1) is 18.7. The van der Waals surface area contributed by atoms with E-state index in [0.717, 1.165) is 4.88 Å². The number of aromatic nitrogens is 1. The van der Waals surface area contributed by atoms with E-state index in [0.29, 0.717) is 35.5 Å². The molecule has 1 saturated heterocycles. The summed E-state index contributed by atoms with van der Waals surface area (Å²) in [4.78, 5) is 18.6. The maximum absolute atomic E-state index is 12.9. The van der Waals surface area contributed by atoms with Crippen LogP contribution in [-0.4, -0.2) is 45.9 Å². The first-order chi connectivity index (χ1) is 11.6. The second-order valence-electron chi connectivity index (χ2n) is 6.35. The summed E-state index contributed by atoms with van der Waals surface area (Å²) in [5.41, 5.74) is -1.73. The van der Waals surface area contributed by atoms with E-state index in [2.05, 4.69) is 31.1 Å². The summed E-state index contributed by atoms with van der Waals surface area (Å²) in [5, 5.41) is 16.1. The first-order valence-corrected chi connectivity index (χ1v) is 9.34. The van der Waals surface area contributed by atoms with Gasteiger partial charge in [0.05, 0.1) is 5.69 Å². The van der Waals surface area contributed by atoms with E-state index in [-0.39, 0.29) is 12.3 Å². The lowest BCUT2D eigenvalue weighted by Gasteiger charge is -2.36. The Morgan fingerprint density at radius 1 is 1.44 bits per heavy atom. The molecule has 1 aromatic rings. The number of rotatable bonds is 5. The molecule has 1 unspecified atom stereocenters. The summed E-state index contributed by atoms with van der Waals surface area (Å²) < 4.78 is 39.4. The van der Waals surface area contributed by atoms with Gasteiger partial charge < -0.3 is 5.11 Å². The van der Waals surface area contributed by atoms with E-state index >= 15 is 0 Å². The largest absolute Gasteiger partial charge is 0.480 e. The highest BCUT2D eigenvalue weighted by Crippen LogP contribution is 2.49. The predicted octanol–water partition coefficient (Wildman–Crippen LogP) is 4.17. The molecule has 1 atom stereocenters. The lowest BCUT2D eigenvalue weighted by molar-refractivity contribution is -0.168. The summed E-state index contributed by atoms with van der Waals surface area (Å²) in [5.74, 6) is -1.18. The molecule has 0 bridgehead atoms. The minimum absolute atomic E-state index is 0.149. The van der Waals surface area contributed by atoms with Gasteiger partial charge in [0, 0.05) is 11.3 Å². The molecule has 1 aromatic heterocycles. The zero-order valence-corrected chi connectivity index (χ0v) is 15.7. The van der Waals surface area contributed by atoms with Gasteiger partial charge in [-0.1, -0.05) is 0 Å². The molecule has 0 aliphatic carbocycles. The Kier molecular flexibility index (Phi) is 4.93. The van der Waals surface area contributed by atoms with Crippen molar-refractivity contribution in [1.82, 2.24) is 9.88 Å². The molecule has 0 spiro atoms. The Bertz CT molecular complexity index is 695. The van der Waals surface area contributed by atoms with Crippen molar-refractivity contribution >= 4 is 33.2 Å². The number of thiazole rings is 1. The number of hydrogen-bond acceptors (Lipinski definition) is 6. The SMILES string of the molecule is Cc1sc(Br)nc1C(C(=O)O)N1CCC(CC2(C(F)(F)F)N=N2)CC1. The van der Waals surface area contributed by atoms with Crippen LogP contribution in [0.3, 0.4) is 0 Å². The highest BCUT2D eigenvalue weighted by molar-refractivity contribution is 9.11. The fourth-order valence-electron chi connectivity index (χ4n) is 3.26. The molecule has 11 heteroatoms. The average Bonchev–Trinajstić information content (AvgIpc) is 3.21. The molecule has 3 rings (SSSR count).